The van der Waals surface area contributed by atoms with Gasteiger partial charge in [-0.05, 0) is 37.0 Å². The molecule has 0 amide bonds. The molecule has 0 aromatic heterocycles. The SMILES string of the molecule is CC(C)C(CBr)CN1CC2CCC1C2. The normalized spacial score (nSPS) is 34.3. The predicted octanol–water partition coefficient (Wildman–Crippen LogP) is 3.14. The largest absolute Gasteiger partial charge is 0.300 e. The van der Waals surface area contributed by atoms with E-state index in [0.717, 1.165) is 23.8 Å². The predicted molar refractivity (Wildman–Crippen MR) is 64.8 cm³/mol. The van der Waals surface area contributed by atoms with Crippen LogP contribution in [0.1, 0.15) is 33.1 Å². The van der Waals surface area contributed by atoms with Gasteiger partial charge in [0.1, 0.15) is 0 Å². The van der Waals surface area contributed by atoms with Crippen molar-refractivity contribution in [3.05, 3.63) is 0 Å². The van der Waals surface area contributed by atoms with E-state index in [1.807, 2.05) is 0 Å². The van der Waals surface area contributed by atoms with E-state index in [1.54, 1.807) is 0 Å². The number of halogens is 1. The molecule has 0 aromatic rings. The highest BCUT2D eigenvalue weighted by Gasteiger charge is 2.38. The Bertz CT molecular complexity index is 193. The molecular weight excluding hydrogens is 238 g/mol. The Labute approximate surface area is 96.4 Å². The van der Waals surface area contributed by atoms with Crippen LogP contribution >= 0.6 is 15.9 Å². The Morgan fingerprint density at radius 1 is 1.36 bits per heavy atom. The average Bonchev–Trinajstić information content (AvgIpc) is 2.74. The smallest absolute Gasteiger partial charge is 0.00987 e. The minimum Gasteiger partial charge on any atom is -0.300 e. The van der Waals surface area contributed by atoms with Crippen molar-refractivity contribution in [3.8, 4) is 0 Å². The Morgan fingerprint density at radius 2 is 2.14 bits per heavy atom. The second kappa shape index (κ2) is 4.52. The highest BCUT2D eigenvalue weighted by atomic mass is 79.9. The van der Waals surface area contributed by atoms with Gasteiger partial charge in [0.05, 0.1) is 0 Å². The molecule has 1 saturated heterocycles. The Hall–Kier alpha value is 0.440. The fraction of sp³-hybridized carbons (Fsp3) is 1.00. The third kappa shape index (κ3) is 2.16. The highest BCUT2D eigenvalue weighted by Crippen LogP contribution is 2.38. The van der Waals surface area contributed by atoms with E-state index in [0.29, 0.717) is 0 Å². The maximum atomic E-state index is 3.65. The van der Waals surface area contributed by atoms with Crippen molar-refractivity contribution in [1.82, 2.24) is 4.90 Å². The summed E-state index contributed by atoms with van der Waals surface area (Å²) in [5.41, 5.74) is 0. The van der Waals surface area contributed by atoms with Gasteiger partial charge < -0.3 is 0 Å². The number of hydrogen-bond donors (Lipinski definition) is 0. The van der Waals surface area contributed by atoms with Crippen molar-refractivity contribution in [3.63, 3.8) is 0 Å². The van der Waals surface area contributed by atoms with E-state index in [1.165, 1.54) is 37.7 Å². The molecule has 1 aliphatic carbocycles. The zero-order valence-corrected chi connectivity index (χ0v) is 11.0. The summed E-state index contributed by atoms with van der Waals surface area (Å²) in [5, 5.41) is 1.17. The summed E-state index contributed by atoms with van der Waals surface area (Å²) in [6.45, 7) is 7.41. The van der Waals surface area contributed by atoms with Crippen molar-refractivity contribution in [2.45, 2.75) is 39.2 Å². The second-order valence-corrected chi connectivity index (χ2v) is 6.09. The molecule has 2 aliphatic rings. The molecule has 2 bridgehead atoms. The first-order chi connectivity index (χ1) is 6.70. The number of likely N-dealkylation sites (tertiary alicyclic amines) is 1. The number of rotatable bonds is 4. The van der Waals surface area contributed by atoms with Gasteiger partial charge in [-0.2, -0.15) is 0 Å². The molecule has 1 nitrogen and oxygen atoms in total. The summed E-state index contributed by atoms with van der Waals surface area (Å²) >= 11 is 3.65. The van der Waals surface area contributed by atoms with Gasteiger partial charge >= 0.3 is 0 Å². The second-order valence-electron chi connectivity index (χ2n) is 5.45. The summed E-state index contributed by atoms with van der Waals surface area (Å²) in [4.78, 5) is 2.75. The first-order valence-electron chi connectivity index (χ1n) is 6.00. The van der Waals surface area contributed by atoms with Gasteiger partial charge in [-0.1, -0.05) is 29.8 Å². The maximum absolute atomic E-state index is 3.65. The number of hydrogen-bond acceptors (Lipinski definition) is 1. The van der Waals surface area contributed by atoms with Crippen LogP contribution in [0, 0.1) is 17.8 Å². The topological polar surface area (TPSA) is 3.24 Å². The Morgan fingerprint density at radius 3 is 2.57 bits per heavy atom. The zero-order valence-electron chi connectivity index (χ0n) is 9.38. The molecule has 14 heavy (non-hydrogen) atoms. The van der Waals surface area contributed by atoms with Gasteiger partial charge in [0.15, 0.2) is 0 Å². The monoisotopic (exact) mass is 259 g/mol. The van der Waals surface area contributed by atoms with Crippen molar-refractivity contribution >= 4 is 15.9 Å². The van der Waals surface area contributed by atoms with E-state index < -0.39 is 0 Å². The van der Waals surface area contributed by atoms with E-state index in [4.69, 9.17) is 0 Å². The molecule has 2 rings (SSSR count). The number of fused-ring (bicyclic) bond motifs is 2. The average molecular weight is 260 g/mol. The van der Waals surface area contributed by atoms with Crippen molar-refractivity contribution in [1.29, 1.82) is 0 Å². The van der Waals surface area contributed by atoms with Crippen LogP contribution in [-0.2, 0) is 0 Å². The lowest BCUT2D eigenvalue weighted by molar-refractivity contribution is 0.171. The molecule has 0 radical (unpaired) electrons. The number of piperidine rings is 1. The Kier molecular flexibility index (Phi) is 3.54. The van der Waals surface area contributed by atoms with Gasteiger partial charge in [0.2, 0.25) is 0 Å². The van der Waals surface area contributed by atoms with Crippen molar-refractivity contribution in [2.75, 3.05) is 18.4 Å². The summed E-state index contributed by atoms with van der Waals surface area (Å²) in [6.07, 6.45) is 4.46. The van der Waals surface area contributed by atoms with Crippen LogP contribution in [0.4, 0.5) is 0 Å². The van der Waals surface area contributed by atoms with Crippen LogP contribution in [0.15, 0.2) is 0 Å². The van der Waals surface area contributed by atoms with E-state index in [2.05, 4.69) is 34.7 Å². The van der Waals surface area contributed by atoms with Crippen LogP contribution in [0.25, 0.3) is 0 Å². The van der Waals surface area contributed by atoms with Crippen LogP contribution in [-0.4, -0.2) is 29.4 Å². The molecular formula is C12H22BrN. The van der Waals surface area contributed by atoms with Gasteiger partial charge in [0.25, 0.3) is 0 Å². The van der Waals surface area contributed by atoms with Gasteiger partial charge in [-0.25, -0.2) is 0 Å². The molecule has 3 unspecified atom stereocenters. The number of nitrogens with zero attached hydrogens (tertiary/aromatic N) is 1. The molecule has 2 fully saturated rings. The van der Waals surface area contributed by atoms with E-state index in [-0.39, 0.29) is 0 Å². The minimum atomic E-state index is 0.813. The van der Waals surface area contributed by atoms with Gasteiger partial charge in [-0.15, -0.1) is 0 Å². The maximum Gasteiger partial charge on any atom is 0.00987 e. The van der Waals surface area contributed by atoms with Gasteiger partial charge in [-0.3, -0.25) is 4.90 Å². The molecule has 0 aromatic carbocycles. The quantitative estimate of drug-likeness (QED) is 0.702. The highest BCUT2D eigenvalue weighted by molar-refractivity contribution is 9.09. The zero-order chi connectivity index (χ0) is 10.1. The van der Waals surface area contributed by atoms with Crippen LogP contribution in [0.5, 0.6) is 0 Å². The molecule has 1 saturated carbocycles. The lowest BCUT2D eigenvalue weighted by Gasteiger charge is -2.31. The fourth-order valence-electron chi connectivity index (χ4n) is 2.99. The summed E-state index contributed by atoms with van der Waals surface area (Å²) < 4.78 is 0. The minimum absolute atomic E-state index is 0.813. The summed E-state index contributed by atoms with van der Waals surface area (Å²) in [7, 11) is 0. The molecule has 2 heteroatoms. The molecule has 0 spiro atoms. The Balaban J connectivity index is 1.85. The summed E-state index contributed by atoms with van der Waals surface area (Å²) in [5.74, 6) is 2.70. The fourth-order valence-corrected chi connectivity index (χ4v) is 3.94. The molecule has 0 N–H and O–H groups in total. The van der Waals surface area contributed by atoms with E-state index >= 15 is 0 Å². The summed E-state index contributed by atoms with van der Waals surface area (Å²) in [6, 6.07) is 0.945. The van der Waals surface area contributed by atoms with Gasteiger partial charge in [0, 0.05) is 24.5 Å². The first kappa shape index (κ1) is 10.9. The standard InChI is InChI=1S/C12H22BrN/c1-9(2)11(6-13)8-14-7-10-3-4-12(14)5-10/h9-12H,3-8H2,1-2H3. The van der Waals surface area contributed by atoms with Crippen LogP contribution in [0.3, 0.4) is 0 Å². The van der Waals surface area contributed by atoms with Crippen molar-refractivity contribution in [2.24, 2.45) is 17.8 Å². The molecule has 1 aliphatic heterocycles. The first-order valence-corrected chi connectivity index (χ1v) is 7.13. The van der Waals surface area contributed by atoms with Crippen LogP contribution < -0.4 is 0 Å². The molecule has 3 atom stereocenters. The van der Waals surface area contributed by atoms with Crippen molar-refractivity contribution < 1.29 is 0 Å². The third-order valence-corrected chi connectivity index (χ3v) is 4.96. The van der Waals surface area contributed by atoms with E-state index in [9.17, 15) is 0 Å². The lowest BCUT2D eigenvalue weighted by Crippen LogP contribution is -2.38. The molecule has 1 heterocycles. The lowest BCUT2D eigenvalue weighted by atomic mass is 9.96. The van der Waals surface area contributed by atoms with Crippen LogP contribution in [0.2, 0.25) is 0 Å². The molecule has 82 valence electrons. The number of alkyl halides is 1. The third-order valence-electron chi connectivity index (χ3n) is 4.13.